The fraction of sp³-hybridized carbons (Fsp3) is 0.353. The summed E-state index contributed by atoms with van der Waals surface area (Å²) < 4.78 is 0.701. The molecular weight excluding hydrogens is 374 g/mol. The van der Waals surface area contributed by atoms with Crippen molar-refractivity contribution < 1.29 is 14.7 Å². The van der Waals surface area contributed by atoms with E-state index < -0.39 is 5.97 Å². The third-order valence-electron chi connectivity index (χ3n) is 4.09. The van der Waals surface area contributed by atoms with Crippen molar-refractivity contribution in [1.82, 2.24) is 15.5 Å². The number of nitrogens with zero attached hydrogens (tertiary/aromatic N) is 1. The van der Waals surface area contributed by atoms with Crippen LogP contribution >= 0.6 is 15.9 Å². The molecule has 1 aromatic carbocycles. The molecule has 1 atom stereocenters. The number of benzene rings is 1. The summed E-state index contributed by atoms with van der Waals surface area (Å²) in [5.41, 5.74) is 2.15. The molecule has 2 aromatic rings. The molecule has 7 heteroatoms. The van der Waals surface area contributed by atoms with Gasteiger partial charge in [-0.2, -0.15) is 5.10 Å². The van der Waals surface area contributed by atoms with E-state index >= 15 is 0 Å². The maximum absolute atomic E-state index is 12.6. The average Bonchev–Trinajstić information content (AvgIpc) is 3.34. The smallest absolute Gasteiger partial charge is 0.303 e. The van der Waals surface area contributed by atoms with E-state index in [9.17, 15) is 9.59 Å². The van der Waals surface area contributed by atoms with Crippen LogP contribution in [-0.4, -0.2) is 27.2 Å². The number of nitrogens with one attached hydrogen (secondary N) is 2. The molecule has 1 unspecified atom stereocenters. The predicted molar refractivity (Wildman–Crippen MR) is 91.8 cm³/mol. The van der Waals surface area contributed by atoms with Crippen LogP contribution in [0, 0.1) is 0 Å². The minimum absolute atomic E-state index is 0.0189. The SMILES string of the molecule is O=C(O)CCC(NC(=O)c1n[nH]c(C2CC2)c1Br)c1ccccc1. The molecule has 126 valence electrons. The van der Waals surface area contributed by atoms with Gasteiger partial charge in [0.25, 0.3) is 5.91 Å². The van der Waals surface area contributed by atoms with Crippen molar-refractivity contribution in [3.63, 3.8) is 0 Å². The quantitative estimate of drug-likeness (QED) is 0.673. The van der Waals surface area contributed by atoms with Crippen LogP contribution in [0.3, 0.4) is 0 Å². The molecule has 0 bridgehead atoms. The summed E-state index contributed by atoms with van der Waals surface area (Å²) >= 11 is 3.45. The van der Waals surface area contributed by atoms with E-state index in [1.807, 2.05) is 30.3 Å². The number of H-pyrrole nitrogens is 1. The normalized spacial score (nSPS) is 15.0. The molecule has 1 saturated carbocycles. The van der Waals surface area contributed by atoms with Crippen molar-refractivity contribution in [3.05, 3.63) is 51.8 Å². The number of aromatic nitrogens is 2. The number of carboxylic acid groups (broad SMARTS) is 1. The van der Waals surface area contributed by atoms with Gasteiger partial charge in [0.05, 0.1) is 16.2 Å². The Morgan fingerprint density at radius 3 is 2.67 bits per heavy atom. The number of hydrogen-bond acceptors (Lipinski definition) is 3. The first-order chi connectivity index (χ1) is 11.6. The Labute approximate surface area is 147 Å². The van der Waals surface area contributed by atoms with Gasteiger partial charge in [-0.25, -0.2) is 0 Å². The Balaban J connectivity index is 1.76. The number of hydrogen-bond donors (Lipinski definition) is 3. The van der Waals surface area contributed by atoms with Crippen molar-refractivity contribution in [2.75, 3.05) is 0 Å². The zero-order chi connectivity index (χ0) is 17.1. The van der Waals surface area contributed by atoms with Crippen molar-refractivity contribution in [2.45, 2.75) is 37.6 Å². The lowest BCUT2D eigenvalue weighted by molar-refractivity contribution is -0.137. The van der Waals surface area contributed by atoms with Gasteiger partial charge in [0.2, 0.25) is 0 Å². The van der Waals surface area contributed by atoms with Crippen LogP contribution in [0.1, 0.15) is 59.4 Å². The molecule has 1 aliphatic rings. The first-order valence-corrected chi connectivity index (χ1v) is 8.67. The first-order valence-electron chi connectivity index (χ1n) is 7.87. The first kappa shape index (κ1) is 16.7. The van der Waals surface area contributed by atoms with Crippen molar-refractivity contribution in [3.8, 4) is 0 Å². The summed E-state index contributed by atoms with van der Waals surface area (Å²) in [6, 6.07) is 8.99. The second-order valence-electron chi connectivity index (χ2n) is 5.94. The number of amides is 1. The largest absolute Gasteiger partial charge is 0.481 e. The van der Waals surface area contributed by atoms with E-state index in [0.29, 0.717) is 22.5 Å². The van der Waals surface area contributed by atoms with Crippen LogP contribution in [-0.2, 0) is 4.79 Å². The molecule has 1 aromatic heterocycles. The van der Waals surface area contributed by atoms with Crippen molar-refractivity contribution >= 4 is 27.8 Å². The standard InChI is InChI=1S/C17H18BrN3O3/c18-14-15(11-6-7-11)20-21-16(14)17(24)19-12(8-9-13(22)23)10-4-2-1-3-5-10/h1-5,11-12H,6-9H2,(H,19,24)(H,20,21)(H,22,23). The summed E-state index contributed by atoms with van der Waals surface area (Å²) in [5.74, 6) is -0.753. The maximum atomic E-state index is 12.6. The van der Waals surface area contributed by atoms with Crippen LogP contribution < -0.4 is 5.32 Å². The molecule has 1 heterocycles. The Morgan fingerprint density at radius 2 is 2.04 bits per heavy atom. The number of aromatic amines is 1. The third-order valence-corrected chi connectivity index (χ3v) is 4.89. The second kappa shape index (κ2) is 7.17. The Morgan fingerprint density at radius 1 is 1.33 bits per heavy atom. The molecule has 0 saturated heterocycles. The molecule has 0 aliphatic heterocycles. The number of carboxylic acids is 1. The highest BCUT2D eigenvalue weighted by Gasteiger charge is 2.31. The molecule has 1 aliphatic carbocycles. The zero-order valence-electron chi connectivity index (χ0n) is 13.0. The molecule has 24 heavy (non-hydrogen) atoms. The van der Waals surface area contributed by atoms with Crippen LogP contribution in [0.2, 0.25) is 0 Å². The van der Waals surface area contributed by atoms with Crippen LogP contribution in [0.4, 0.5) is 0 Å². The highest BCUT2D eigenvalue weighted by molar-refractivity contribution is 9.10. The van der Waals surface area contributed by atoms with E-state index in [4.69, 9.17) is 5.11 Å². The number of rotatable bonds is 7. The number of carbonyl (C=O) groups excluding carboxylic acids is 1. The molecule has 3 rings (SSSR count). The molecule has 3 N–H and O–H groups in total. The van der Waals surface area contributed by atoms with E-state index in [2.05, 4.69) is 31.4 Å². The highest BCUT2D eigenvalue weighted by Crippen LogP contribution is 2.42. The molecule has 6 nitrogen and oxygen atoms in total. The van der Waals surface area contributed by atoms with Gasteiger partial charge < -0.3 is 10.4 Å². The summed E-state index contributed by atoms with van der Waals surface area (Å²) in [4.78, 5) is 23.5. The zero-order valence-corrected chi connectivity index (χ0v) is 14.5. The van der Waals surface area contributed by atoms with Gasteiger partial charge in [0.15, 0.2) is 5.69 Å². The predicted octanol–water partition coefficient (Wildman–Crippen LogP) is 3.39. The molecule has 1 fully saturated rings. The van der Waals surface area contributed by atoms with Crippen molar-refractivity contribution in [1.29, 1.82) is 0 Å². The van der Waals surface area contributed by atoms with Gasteiger partial charge in [-0.1, -0.05) is 30.3 Å². The van der Waals surface area contributed by atoms with Gasteiger partial charge in [-0.15, -0.1) is 0 Å². The lowest BCUT2D eigenvalue weighted by Gasteiger charge is -2.18. The lowest BCUT2D eigenvalue weighted by Crippen LogP contribution is -2.29. The molecule has 1 amide bonds. The summed E-state index contributed by atoms with van der Waals surface area (Å²) in [6.45, 7) is 0. The molecule has 0 spiro atoms. The maximum Gasteiger partial charge on any atom is 0.303 e. The monoisotopic (exact) mass is 391 g/mol. The second-order valence-corrected chi connectivity index (χ2v) is 6.74. The topological polar surface area (TPSA) is 95.1 Å². The lowest BCUT2D eigenvalue weighted by atomic mass is 10.0. The number of aliphatic carboxylic acids is 1. The van der Waals surface area contributed by atoms with Crippen LogP contribution in [0.5, 0.6) is 0 Å². The minimum atomic E-state index is -0.887. The Hall–Kier alpha value is -2.15. The Bertz CT molecular complexity index is 741. The van der Waals surface area contributed by atoms with Crippen LogP contribution in [0.25, 0.3) is 0 Å². The number of halogens is 1. The molecular formula is C17H18BrN3O3. The van der Waals surface area contributed by atoms with Gasteiger partial charge >= 0.3 is 5.97 Å². The Kier molecular flexibility index (Phi) is 4.99. The summed E-state index contributed by atoms with van der Waals surface area (Å²) in [7, 11) is 0. The summed E-state index contributed by atoms with van der Waals surface area (Å²) in [6.07, 6.45) is 2.51. The van der Waals surface area contributed by atoms with E-state index in [1.165, 1.54) is 0 Å². The van der Waals surface area contributed by atoms with Gasteiger partial charge in [0.1, 0.15) is 0 Å². The van der Waals surface area contributed by atoms with E-state index in [0.717, 1.165) is 24.1 Å². The fourth-order valence-electron chi connectivity index (χ4n) is 2.64. The van der Waals surface area contributed by atoms with E-state index in [-0.39, 0.29) is 18.4 Å². The van der Waals surface area contributed by atoms with Gasteiger partial charge in [0, 0.05) is 12.3 Å². The highest BCUT2D eigenvalue weighted by atomic mass is 79.9. The molecule has 0 radical (unpaired) electrons. The van der Waals surface area contributed by atoms with Gasteiger partial charge in [-0.3, -0.25) is 14.7 Å². The minimum Gasteiger partial charge on any atom is -0.481 e. The number of carbonyl (C=O) groups is 2. The van der Waals surface area contributed by atoms with Crippen LogP contribution in [0.15, 0.2) is 34.8 Å². The van der Waals surface area contributed by atoms with Gasteiger partial charge in [-0.05, 0) is 40.8 Å². The average molecular weight is 392 g/mol. The summed E-state index contributed by atoms with van der Waals surface area (Å²) in [5, 5.41) is 18.9. The third kappa shape index (κ3) is 3.84. The van der Waals surface area contributed by atoms with Crippen molar-refractivity contribution in [2.24, 2.45) is 0 Å². The fourth-order valence-corrected chi connectivity index (χ4v) is 3.32. The van der Waals surface area contributed by atoms with E-state index in [1.54, 1.807) is 0 Å².